The van der Waals surface area contributed by atoms with E-state index in [1.54, 1.807) is 0 Å². The van der Waals surface area contributed by atoms with E-state index in [-0.39, 0.29) is 30.8 Å². The van der Waals surface area contributed by atoms with Gasteiger partial charge in [0.05, 0.1) is 12.4 Å². The smallest absolute Gasteiger partial charge is 0.326 e. The standard InChI is InChI=1S/C17H27N7O6S2/c18-9(1-2-13(19)25)14(26)23-11(5-31)16(28)24-12(6-32)15(27)22-10(17(29)30)3-8-4-20-7-21-8/h4,7,9-12,31-32H,1-3,5-6,18H2,(H2,19,25)(H,20,21)(H,22,27)(H,23,26)(H,24,28)(H,29,30). The van der Waals surface area contributed by atoms with Gasteiger partial charge < -0.3 is 37.5 Å². The minimum absolute atomic E-state index is 0.00332. The molecule has 32 heavy (non-hydrogen) atoms. The van der Waals surface area contributed by atoms with Crippen LogP contribution in [0.4, 0.5) is 0 Å². The molecule has 178 valence electrons. The molecule has 1 heterocycles. The monoisotopic (exact) mass is 489 g/mol. The number of H-pyrrole nitrogens is 1. The molecule has 4 unspecified atom stereocenters. The van der Waals surface area contributed by atoms with Gasteiger partial charge in [-0.2, -0.15) is 25.3 Å². The number of rotatable bonds is 14. The number of primary amides is 1. The highest BCUT2D eigenvalue weighted by atomic mass is 32.1. The zero-order chi connectivity index (χ0) is 24.3. The predicted octanol–water partition coefficient (Wildman–Crippen LogP) is -3.06. The van der Waals surface area contributed by atoms with Crippen molar-refractivity contribution >= 4 is 54.9 Å². The summed E-state index contributed by atoms with van der Waals surface area (Å²) < 4.78 is 0. The predicted molar refractivity (Wildman–Crippen MR) is 120 cm³/mol. The van der Waals surface area contributed by atoms with Crippen molar-refractivity contribution < 1.29 is 29.1 Å². The van der Waals surface area contributed by atoms with Crippen LogP contribution in [0, 0.1) is 0 Å². The normalized spacial score (nSPS) is 14.5. The molecule has 0 aromatic carbocycles. The number of nitrogens with one attached hydrogen (secondary N) is 4. The fourth-order valence-corrected chi connectivity index (χ4v) is 2.97. The average Bonchev–Trinajstić information content (AvgIpc) is 3.25. The van der Waals surface area contributed by atoms with Gasteiger partial charge in [0.1, 0.15) is 18.1 Å². The Kier molecular flexibility index (Phi) is 11.6. The first-order valence-electron chi connectivity index (χ1n) is 9.45. The van der Waals surface area contributed by atoms with Crippen LogP contribution in [0.5, 0.6) is 0 Å². The highest BCUT2D eigenvalue weighted by Gasteiger charge is 2.29. The molecule has 1 rings (SSSR count). The molecule has 0 spiro atoms. The molecule has 0 bridgehead atoms. The lowest BCUT2D eigenvalue weighted by atomic mass is 10.1. The van der Waals surface area contributed by atoms with E-state index >= 15 is 0 Å². The van der Waals surface area contributed by atoms with Gasteiger partial charge in [0, 0.05) is 36.2 Å². The number of hydrogen-bond acceptors (Lipinski definition) is 9. The van der Waals surface area contributed by atoms with Crippen molar-refractivity contribution in [2.75, 3.05) is 11.5 Å². The van der Waals surface area contributed by atoms with Crippen LogP contribution in [0.2, 0.25) is 0 Å². The van der Waals surface area contributed by atoms with Crippen molar-refractivity contribution in [1.82, 2.24) is 25.9 Å². The quantitative estimate of drug-likeness (QED) is 0.122. The molecule has 0 radical (unpaired) electrons. The van der Waals surface area contributed by atoms with Gasteiger partial charge in [-0.15, -0.1) is 0 Å². The van der Waals surface area contributed by atoms with E-state index in [2.05, 4.69) is 51.2 Å². The number of aromatic amines is 1. The first-order chi connectivity index (χ1) is 15.1. The van der Waals surface area contributed by atoms with E-state index in [4.69, 9.17) is 11.5 Å². The van der Waals surface area contributed by atoms with Crippen LogP contribution in [0.3, 0.4) is 0 Å². The highest BCUT2D eigenvalue weighted by Crippen LogP contribution is 2.02. The number of aromatic nitrogens is 2. The molecule has 0 aliphatic rings. The summed E-state index contributed by atoms with van der Waals surface area (Å²) in [6, 6.07) is -4.66. The molecule has 0 saturated heterocycles. The zero-order valence-electron chi connectivity index (χ0n) is 17.0. The van der Waals surface area contributed by atoms with Gasteiger partial charge in [-0.25, -0.2) is 9.78 Å². The minimum atomic E-state index is -1.28. The fraction of sp³-hybridized carbons (Fsp3) is 0.529. The Balaban J connectivity index is 2.70. The molecule has 0 aliphatic carbocycles. The van der Waals surface area contributed by atoms with Crippen LogP contribution in [0.1, 0.15) is 18.5 Å². The molecule has 0 fully saturated rings. The van der Waals surface area contributed by atoms with E-state index in [0.29, 0.717) is 5.69 Å². The molecule has 0 saturated carbocycles. The second kappa shape index (κ2) is 13.6. The van der Waals surface area contributed by atoms with Crippen LogP contribution in [-0.4, -0.2) is 80.3 Å². The lowest BCUT2D eigenvalue weighted by molar-refractivity contribution is -0.142. The molecule has 1 aromatic heterocycles. The Morgan fingerprint density at radius 3 is 1.97 bits per heavy atom. The Labute approximate surface area is 194 Å². The number of carboxylic acids is 1. The second-order valence-corrected chi connectivity index (χ2v) is 7.51. The maximum atomic E-state index is 12.5. The van der Waals surface area contributed by atoms with Gasteiger partial charge >= 0.3 is 5.97 Å². The topological polar surface area (TPSA) is 222 Å². The van der Waals surface area contributed by atoms with Gasteiger partial charge in [-0.05, 0) is 6.42 Å². The summed E-state index contributed by atoms with van der Waals surface area (Å²) in [6.45, 7) is 0. The number of imidazole rings is 1. The maximum absolute atomic E-state index is 12.5. The van der Waals surface area contributed by atoms with Gasteiger partial charge in [0.25, 0.3) is 0 Å². The largest absolute Gasteiger partial charge is 0.480 e. The van der Waals surface area contributed by atoms with E-state index in [9.17, 15) is 29.1 Å². The number of nitrogens with zero attached hydrogens (tertiary/aromatic N) is 1. The second-order valence-electron chi connectivity index (χ2n) is 6.78. The van der Waals surface area contributed by atoms with Gasteiger partial charge in [0.15, 0.2) is 0 Å². The van der Waals surface area contributed by atoms with Crippen molar-refractivity contribution in [3.63, 3.8) is 0 Å². The Bertz CT molecular complexity index is 807. The third-order valence-corrected chi connectivity index (χ3v) is 4.99. The molecule has 1 aromatic rings. The van der Waals surface area contributed by atoms with E-state index in [1.807, 2.05) is 0 Å². The van der Waals surface area contributed by atoms with E-state index in [0.717, 1.165) is 0 Å². The van der Waals surface area contributed by atoms with Crippen LogP contribution >= 0.6 is 25.3 Å². The summed E-state index contributed by atoms with van der Waals surface area (Å²) in [5.74, 6) is -4.36. The maximum Gasteiger partial charge on any atom is 0.326 e. The van der Waals surface area contributed by atoms with Crippen LogP contribution in [-0.2, 0) is 30.4 Å². The third kappa shape index (κ3) is 9.15. The molecule has 15 heteroatoms. The summed E-state index contributed by atoms with van der Waals surface area (Å²) in [6.07, 6.45) is 2.65. The van der Waals surface area contributed by atoms with Crippen molar-refractivity contribution in [2.45, 2.75) is 43.4 Å². The summed E-state index contributed by atoms with van der Waals surface area (Å²) >= 11 is 8.05. The average molecular weight is 490 g/mol. The van der Waals surface area contributed by atoms with Gasteiger partial charge in [-0.1, -0.05) is 0 Å². The highest BCUT2D eigenvalue weighted by molar-refractivity contribution is 7.80. The molecule has 0 aliphatic heterocycles. The van der Waals surface area contributed by atoms with Gasteiger partial charge in [0.2, 0.25) is 23.6 Å². The summed E-state index contributed by atoms with van der Waals surface area (Å²) in [5.41, 5.74) is 11.2. The van der Waals surface area contributed by atoms with E-state index in [1.165, 1.54) is 12.5 Å². The first-order valence-corrected chi connectivity index (χ1v) is 10.7. The van der Waals surface area contributed by atoms with E-state index < -0.39 is 53.8 Å². The summed E-state index contributed by atoms with van der Waals surface area (Å²) in [4.78, 5) is 66.0. The lowest BCUT2D eigenvalue weighted by Crippen LogP contribution is -2.58. The number of thiol groups is 2. The number of hydrogen-bond donors (Lipinski definition) is 9. The van der Waals surface area contributed by atoms with Crippen LogP contribution in [0.25, 0.3) is 0 Å². The zero-order valence-corrected chi connectivity index (χ0v) is 18.8. The lowest BCUT2D eigenvalue weighted by Gasteiger charge is -2.23. The SMILES string of the molecule is NC(=O)CCC(N)C(=O)NC(CS)C(=O)NC(CS)C(=O)NC(Cc1cnc[nH]1)C(=O)O. The van der Waals surface area contributed by atoms with Crippen LogP contribution < -0.4 is 27.4 Å². The number of nitrogens with two attached hydrogens (primary N) is 2. The Morgan fingerprint density at radius 1 is 1.00 bits per heavy atom. The number of carboxylic acid groups (broad SMARTS) is 1. The Hall–Kier alpha value is -2.78. The fourth-order valence-electron chi connectivity index (χ4n) is 2.46. The molecule has 4 atom stereocenters. The molecule has 9 N–H and O–H groups in total. The van der Waals surface area contributed by atoms with Crippen molar-refractivity contribution in [2.24, 2.45) is 11.5 Å². The summed E-state index contributed by atoms with van der Waals surface area (Å²) in [5, 5.41) is 16.5. The molecule has 13 nitrogen and oxygen atoms in total. The number of carbonyl (C=O) groups is 5. The summed E-state index contributed by atoms with van der Waals surface area (Å²) in [7, 11) is 0. The van der Waals surface area contributed by atoms with Gasteiger partial charge in [-0.3, -0.25) is 19.2 Å². The number of amides is 4. The molecular formula is C17H27N7O6S2. The van der Waals surface area contributed by atoms with Crippen molar-refractivity contribution in [3.05, 3.63) is 18.2 Å². The van der Waals surface area contributed by atoms with Crippen LogP contribution in [0.15, 0.2) is 12.5 Å². The first kappa shape index (κ1) is 27.3. The van der Waals surface area contributed by atoms with Crippen molar-refractivity contribution in [3.8, 4) is 0 Å². The van der Waals surface area contributed by atoms with Crippen molar-refractivity contribution in [1.29, 1.82) is 0 Å². The molecule has 4 amide bonds. The Morgan fingerprint density at radius 2 is 1.53 bits per heavy atom. The molecular weight excluding hydrogens is 462 g/mol. The number of carbonyl (C=O) groups excluding carboxylic acids is 4. The number of aliphatic carboxylic acids is 1. The minimum Gasteiger partial charge on any atom is -0.480 e. The third-order valence-electron chi connectivity index (χ3n) is 4.26.